The van der Waals surface area contributed by atoms with Crippen LogP contribution in [0.25, 0.3) is 0 Å². The number of hydrogen-bond acceptors (Lipinski definition) is 7. The van der Waals surface area contributed by atoms with Crippen LogP contribution >= 0.6 is 0 Å². The molecule has 0 spiro atoms. The Hall–Kier alpha value is -1.96. The number of nitro groups is 1. The first kappa shape index (κ1) is 15.4. The SMILES string of the molecule is CCNc1ncc([N+](=O)[O-])c(N(CC)CC2CCCO2)n1. The molecule has 8 nitrogen and oxygen atoms in total. The second-order valence-electron chi connectivity index (χ2n) is 4.86. The van der Waals surface area contributed by atoms with E-state index in [4.69, 9.17) is 4.74 Å². The largest absolute Gasteiger partial charge is 0.376 e. The summed E-state index contributed by atoms with van der Waals surface area (Å²) in [5.74, 6) is 0.757. The molecule has 21 heavy (non-hydrogen) atoms. The molecule has 1 saturated heterocycles. The summed E-state index contributed by atoms with van der Waals surface area (Å²) < 4.78 is 5.61. The van der Waals surface area contributed by atoms with Crippen LogP contribution in [0, 0.1) is 10.1 Å². The molecule has 0 bridgehead atoms. The molecular formula is C13H21N5O3. The fraction of sp³-hybridized carbons (Fsp3) is 0.692. The lowest BCUT2D eigenvalue weighted by molar-refractivity contribution is -0.384. The number of rotatable bonds is 7. The maximum absolute atomic E-state index is 11.2. The third-order valence-corrected chi connectivity index (χ3v) is 3.41. The number of hydrogen-bond donors (Lipinski definition) is 1. The van der Waals surface area contributed by atoms with Crippen LogP contribution in [0.2, 0.25) is 0 Å². The van der Waals surface area contributed by atoms with Crippen LogP contribution in [0.15, 0.2) is 6.20 Å². The van der Waals surface area contributed by atoms with Gasteiger partial charge in [0, 0.05) is 26.2 Å². The van der Waals surface area contributed by atoms with Crippen LogP contribution in [-0.2, 0) is 4.74 Å². The van der Waals surface area contributed by atoms with E-state index in [2.05, 4.69) is 15.3 Å². The van der Waals surface area contributed by atoms with E-state index in [1.54, 1.807) is 0 Å². The quantitative estimate of drug-likeness (QED) is 0.605. The zero-order valence-corrected chi connectivity index (χ0v) is 12.4. The normalized spacial score (nSPS) is 17.7. The van der Waals surface area contributed by atoms with Gasteiger partial charge in [0.2, 0.25) is 11.8 Å². The van der Waals surface area contributed by atoms with Crippen LogP contribution in [0.5, 0.6) is 0 Å². The molecule has 1 unspecified atom stereocenters. The second kappa shape index (κ2) is 7.16. The van der Waals surface area contributed by atoms with Crippen LogP contribution < -0.4 is 10.2 Å². The molecular weight excluding hydrogens is 274 g/mol. The van der Waals surface area contributed by atoms with Crippen molar-refractivity contribution in [3.05, 3.63) is 16.3 Å². The molecule has 0 aromatic carbocycles. The van der Waals surface area contributed by atoms with Crippen molar-refractivity contribution in [1.29, 1.82) is 0 Å². The molecule has 1 N–H and O–H groups in total. The van der Waals surface area contributed by atoms with E-state index in [0.717, 1.165) is 19.4 Å². The summed E-state index contributed by atoms with van der Waals surface area (Å²) in [6, 6.07) is 0. The summed E-state index contributed by atoms with van der Waals surface area (Å²) >= 11 is 0. The average Bonchev–Trinajstić information content (AvgIpc) is 2.97. The molecule has 2 heterocycles. The Morgan fingerprint density at radius 3 is 2.95 bits per heavy atom. The van der Waals surface area contributed by atoms with Crippen molar-refractivity contribution in [2.45, 2.75) is 32.8 Å². The molecule has 0 amide bonds. The molecule has 1 atom stereocenters. The third kappa shape index (κ3) is 3.78. The molecule has 1 aliphatic rings. The van der Waals surface area contributed by atoms with E-state index < -0.39 is 4.92 Å². The summed E-state index contributed by atoms with van der Waals surface area (Å²) in [5.41, 5.74) is -0.0727. The highest BCUT2D eigenvalue weighted by Gasteiger charge is 2.26. The van der Waals surface area contributed by atoms with Gasteiger partial charge in [-0.05, 0) is 26.7 Å². The Kier molecular flexibility index (Phi) is 5.26. The van der Waals surface area contributed by atoms with Gasteiger partial charge in [0.05, 0.1) is 11.0 Å². The highest BCUT2D eigenvalue weighted by Crippen LogP contribution is 2.27. The van der Waals surface area contributed by atoms with Gasteiger partial charge in [0.15, 0.2) is 0 Å². The highest BCUT2D eigenvalue weighted by atomic mass is 16.6. The number of aromatic nitrogens is 2. The van der Waals surface area contributed by atoms with E-state index in [-0.39, 0.29) is 11.8 Å². The average molecular weight is 295 g/mol. The van der Waals surface area contributed by atoms with E-state index >= 15 is 0 Å². The molecule has 0 radical (unpaired) electrons. The van der Waals surface area contributed by atoms with Crippen molar-refractivity contribution in [3.63, 3.8) is 0 Å². The van der Waals surface area contributed by atoms with Crippen molar-refractivity contribution in [1.82, 2.24) is 9.97 Å². The third-order valence-electron chi connectivity index (χ3n) is 3.41. The molecule has 0 aliphatic carbocycles. The standard InChI is InChI=1S/C13H21N5O3/c1-3-14-13-15-8-11(18(19)20)12(16-13)17(4-2)9-10-6-5-7-21-10/h8,10H,3-7,9H2,1-2H3,(H,14,15,16). The van der Waals surface area contributed by atoms with Crippen LogP contribution in [0.3, 0.4) is 0 Å². The van der Waals surface area contributed by atoms with Crippen molar-refractivity contribution < 1.29 is 9.66 Å². The van der Waals surface area contributed by atoms with Crippen LogP contribution in [-0.4, -0.2) is 47.2 Å². The lowest BCUT2D eigenvalue weighted by Crippen LogP contribution is -2.33. The van der Waals surface area contributed by atoms with E-state index in [1.165, 1.54) is 6.20 Å². The minimum atomic E-state index is -0.441. The number of nitrogens with zero attached hydrogens (tertiary/aromatic N) is 4. The molecule has 116 valence electrons. The summed E-state index contributed by atoms with van der Waals surface area (Å²) in [6.45, 7) is 6.54. The van der Waals surface area contributed by atoms with Gasteiger partial charge in [0.25, 0.3) is 0 Å². The fourth-order valence-electron chi connectivity index (χ4n) is 2.37. The predicted octanol–water partition coefficient (Wildman–Crippen LogP) is 1.82. The van der Waals surface area contributed by atoms with Crippen molar-refractivity contribution in [3.8, 4) is 0 Å². The van der Waals surface area contributed by atoms with E-state index in [9.17, 15) is 10.1 Å². The van der Waals surface area contributed by atoms with E-state index in [1.807, 2.05) is 18.7 Å². The van der Waals surface area contributed by atoms with Gasteiger partial charge in [-0.2, -0.15) is 4.98 Å². The van der Waals surface area contributed by atoms with Gasteiger partial charge in [-0.25, -0.2) is 4.98 Å². The summed E-state index contributed by atoms with van der Waals surface area (Å²) in [5, 5.41) is 14.2. The smallest absolute Gasteiger partial charge is 0.329 e. The molecule has 1 aliphatic heterocycles. The van der Waals surface area contributed by atoms with Gasteiger partial charge < -0.3 is 15.0 Å². The van der Waals surface area contributed by atoms with Crippen molar-refractivity contribution >= 4 is 17.5 Å². The predicted molar refractivity (Wildman–Crippen MR) is 79.7 cm³/mol. The zero-order valence-electron chi connectivity index (χ0n) is 12.4. The minimum absolute atomic E-state index is 0.0727. The Morgan fingerprint density at radius 1 is 1.57 bits per heavy atom. The number of ether oxygens (including phenoxy) is 1. The minimum Gasteiger partial charge on any atom is -0.376 e. The lowest BCUT2D eigenvalue weighted by Gasteiger charge is -2.24. The number of likely N-dealkylation sites (N-methyl/N-ethyl adjacent to an activating group) is 1. The molecule has 1 aromatic rings. The Balaban J connectivity index is 2.27. The summed E-state index contributed by atoms with van der Waals surface area (Å²) in [7, 11) is 0. The summed E-state index contributed by atoms with van der Waals surface area (Å²) in [6.07, 6.45) is 3.40. The topological polar surface area (TPSA) is 93.4 Å². The monoisotopic (exact) mass is 295 g/mol. The molecule has 1 aromatic heterocycles. The van der Waals surface area contributed by atoms with Crippen molar-refractivity contribution in [2.24, 2.45) is 0 Å². The van der Waals surface area contributed by atoms with Gasteiger partial charge in [-0.3, -0.25) is 10.1 Å². The number of nitrogens with one attached hydrogen (secondary N) is 1. The first-order valence-electron chi connectivity index (χ1n) is 7.27. The lowest BCUT2D eigenvalue weighted by atomic mass is 10.2. The molecule has 2 rings (SSSR count). The first-order chi connectivity index (χ1) is 10.2. The Morgan fingerprint density at radius 2 is 2.38 bits per heavy atom. The van der Waals surface area contributed by atoms with Gasteiger partial charge in [-0.1, -0.05) is 0 Å². The fourth-order valence-corrected chi connectivity index (χ4v) is 2.37. The van der Waals surface area contributed by atoms with Gasteiger partial charge in [-0.15, -0.1) is 0 Å². The molecule has 1 fully saturated rings. The van der Waals surface area contributed by atoms with Crippen LogP contribution in [0.4, 0.5) is 17.5 Å². The van der Waals surface area contributed by atoms with Crippen molar-refractivity contribution in [2.75, 3.05) is 36.5 Å². The van der Waals surface area contributed by atoms with Gasteiger partial charge >= 0.3 is 5.69 Å². The zero-order chi connectivity index (χ0) is 15.2. The number of anilines is 2. The second-order valence-corrected chi connectivity index (χ2v) is 4.86. The Bertz CT molecular complexity index is 491. The Labute approximate surface area is 123 Å². The summed E-state index contributed by atoms with van der Waals surface area (Å²) in [4.78, 5) is 20.9. The first-order valence-corrected chi connectivity index (χ1v) is 7.27. The maximum atomic E-state index is 11.2. The van der Waals surface area contributed by atoms with Gasteiger partial charge in [0.1, 0.15) is 6.20 Å². The maximum Gasteiger partial charge on any atom is 0.329 e. The highest BCUT2D eigenvalue weighted by molar-refractivity contribution is 5.59. The van der Waals surface area contributed by atoms with E-state index in [0.29, 0.717) is 31.4 Å². The van der Waals surface area contributed by atoms with Crippen LogP contribution in [0.1, 0.15) is 26.7 Å². The molecule has 8 heteroatoms. The molecule has 0 saturated carbocycles.